The number of para-hydroxylation sites is 1. The molecule has 1 amide bonds. The van der Waals surface area contributed by atoms with E-state index in [9.17, 15) is 14.0 Å². The Kier molecular flexibility index (Phi) is 4.31. The van der Waals surface area contributed by atoms with Crippen molar-refractivity contribution in [3.63, 3.8) is 0 Å². The van der Waals surface area contributed by atoms with Crippen LogP contribution in [0.15, 0.2) is 75.9 Å². The molecule has 0 aliphatic carbocycles. The number of amides is 1. The average molecular weight is 458 g/mol. The number of ether oxygens (including phenoxy) is 1. The molecule has 0 fully saturated rings. The van der Waals surface area contributed by atoms with Crippen LogP contribution in [0.3, 0.4) is 0 Å². The summed E-state index contributed by atoms with van der Waals surface area (Å²) in [6.45, 7) is 0. The molecular formula is C25H15FN2O4S. The highest BCUT2D eigenvalue weighted by molar-refractivity contribution is 7.22. The van der Waals surface area contributed by atoms with E-state index in [2.05, 4.69) is 4.98 Å². The van der Waals surface area contributed by atoms with E-state index < -0.39 is 17.8 Å². The Hall–Kier alpha value is -4.04. The molecular weight excluding hydrogens is 443 g/mol. The number of carbonyl (C=O) groups is 1. The first-order chi connectivity index (χ1) is 16.1. The van der Waals surface area contributed by atoms with E-state index in [-0.39, 0.29) is 22.3 Å². The van der Waals surface area contributed by atoms with Crippen molar-refractivity contribution in [1.82, 2.24) is 4.98 Å². The number of hydrogen-bond donors (Lipinski definition) is 0. The number of halogens is 1. The molecule has 8 heteroatoms. The van der Waals surface area contributed by atoms with Crippen LogP contribution in [0, 0.1) is 5.82 Å². The summed E-state index contributed by atoms with van der Waals surface area (Å²) in [6.07, 6.45) is 0. The fraction of sp³-hybridized carbons (Fsp3) is 0.0800. The Balaban J connectivity index is 1.64. The lowest BCUT2D eigenvalue weighted by molar-refractivity contribution is 0.0971. The van der Waals surface area contributed by atoms with Crippen molar-refractivity contribution in [2.75, 3.05) is 12.0 Å². The third-order valence-electron chi connectivity index (χ3n) is 5.77. The Labute approximate surface area is 190 Å². The van der Waals surface area contributed by atoms with Crippen LogP contribution in [-0.4, -0.2) is 18.0 Å². The molecule has 0 bridgehead atoms. The Bertz CT molecular complexity index is 1640. The molecule has 6 rings (SSSR count). The summed E-state index contributed by atoms with van der Waals surface area (Å²) in [5.41, 5.74) is 0.914. The van der Waals surface area contributed by atoms with E-state index in [0.29, 0.717) is 27.4 Å². The monoisotopic (exact) mass is 458 g/mol. The average Bonchev–Trinajstić information content (AvgIpc) is 3.37. The summed E-state index contributed by atoms with van der Waals surface area (Å²) in [5.74, 6) is -0.498. The van der Waals surface area contributed by atoms with Crippen molar-refractivity contribution in [3.8, 4) is 5.75 Å². The van der Waals surface area contributed by atoms with Gasteiger partial charge in [-0.05, 0) is 36.4 Å². The van der Waals surface area contributed by atoms with E-state index in [0.717, 1.165) is 4.70 Å². The molecule has 1 aliphatic heterocycles. The third-order valence-corrected chi connectivity index (χ3v) is 6.79. The smallest absolute Gasteiger partial charge is 0.297 e. The molecule has 6 nitrogen and oxygen atoms in total. The number of hydrogen-bond acceptors (Lipinski definition) is 6. The third kappa shape index (κ3) is 2.87. The molecule has 0 unspecified atom stereocenters. The molecule has 5 aromatic rings. The number of rotatable bonds is 3. The van der Waals surface area contributed by atoms with Crippen LogP contribution in [0.1, 0.15) is 27.7 Å². The topological polar surface area (TPSA) is 72.6 Å². The number of fused-ring (bicyclic) bond motifs is 3. The first-order valence-corrected chi connectivity index (χ1v) is 11.0. The Morgan fingerprint density at radius 3 is 2.67 bits per heavy atom. The second kappa shape index (κ2) is 7.25. The number of aromatic nitrogens is 1. The van der Waals surface area contributed by atoms with Crippen LogP contribution >= 0.6 is 11.3 Å². The molecule has 0 saturated heterocycles. The van der Waals surface area contributed by atoms with Crippen LogP contribution < -0.4 is 15.1 Å². The first kappa shape index (κ1) is 19.6. The maximum absolute atomic E-state index is 15.0. The van der Waals surface area contributed by atoms with Crippen LogP contribution in [0.25, 0.3) is 21.2 Å². The fourth-order valence-corrected chi connectivity index (χ4v) is 5.25. The quantitative estimate of drug-likeness (QED) is 0.367. The molecule has 2 aromatic heterocycles. The lowest BCUT2D eigenvalue weighted by Gasteiger charge is -2.22. The molecule has 3 heterocycles. The zero-order valence-electron chi connectivity index (χ0n) is 17.2. The minimum Gasteiger partial charge on any atom is -0.497 e. The molecule has 162 valence electrons. The molecule has 1 aliphatic rings. The standard InChI is InChI=1S/C25H15FN2O4S/c1-31-13-10-11-17-19(12-13)33-25(27-17)28-21(14-6-2-4-8-16(14)26)20-22(29)15-7-3-5-9-18(15)32-23(20)24(28)30/h2-12,21H,1H3/t21-/m0/s1. The number of methoxy groups -OCH3 is 1. The minimum absolute atomic E-state index is 0.0937. The maximum Gasteiger partial charge on any atom is 0.297 e. The highest BCUT2D eigenvalue weighted by Crippen LogP contribution is 2.44. The normalized spacial score (nSPS) is 15.4. The molecule has 3 aromatic carbocycles. The van der Waals surface area contributed by atoms with Crippen LogP contribution in [-0.2, 0) is 0 Å². The second-order valence-electron chi connectivity index (χ2n) is 7.60. The zero-order valence-corrected chi connectivity index (χ0v) is 18.1. The summed E-state index contributed by atoms with van der Waals surface area (Å²) in [4.78, 5) is 33.1. The van der Waals surface area contributed by atoms with Gasteiger partial charge in [0.1, 0.15) is 23.2 Å². The Morgan fingerprint density at radius 1 is 1.06 bits per heavy atom. The van der Waals surface area contributed by atoms with Gasteiger partial charge in [-0.2, -0.15) is 0 Å². The van der Waals surface area contributed by atoms with Gasteiger partial charge in [-0.1, -0.05) is 41.7 Å². The van der Waals surface area contributed by atoms with E-state index >= 15 is 0 Å². The predicted octanol–water partition coefficient (Wildman–Crippen LogP) is 5.30. The van der Waals surface area contributed by atoms with Crippen molar-refractivity contribution < 1.29 is 18.3 Å². The second-order valence-corrected chi connectivity index (χ2v) is 8.61. The van der Waals surface area contributed by atoms with Crippen molar-refractivity contribution in [3.05, 3.63) is 99.7 Å². The van der Waals surface area contributed by atoms with E-state index in [1.165, 1.54) is 22.3 Å². The molecule has 0 spiro atoms. The lowest BCUT2D eigenvalue weighted by Crippen LogP contribution is -2.30. The minimum atomic E-state index is -1.00. The van der Waals surface area contributed by atoms with Crippen molar-refractivity contribution in [2.24, 2.45) is 0 Å². The lowest BCUT2D eigenvalue weighted by atomic mass is 9.98. The van der Waals surface area contributed by atoms with Gasteiger partial charge in [-0.15, -0.1) is 0 Å². The highest BCUT2D eigenvalue weighted by atomic mass is 32.1. The maximum atomic E-state index is 15.0. The van der Waals surface area contributed by atoms with Gasteiger partial charge >= 0.3 is 0 Å². The SMILES string of the molecule is COc1ccc2nc(N3C(=O)c4oc5ccccc5c(=O)c4[C@@H]3c3ccccc3F)sc2c1. The molecule has 0 N–H and O–H groups in total. The predicted molar refractivity (Wildman–Crippen MR) is 124 cm³/mol. The number of carbonyl (C=O) groups excluding carboxylic acids is 1. The van der Waals surface area contributed by atoms with Gasteiger partial charge in [0.2, 0.25) is 5.76 Å². The van der Waals surface area contributed by atoms with Crippen molar-refractivity contribution in [1.29, 1.82) is 0 Å². The van der Waals surface area contributed by atoms with Gasteiger partial charge in [0.05, 0.1) is 28.3 Å². The highest BCUT2D eigenvalue weighted by Gasteiger charge is 2.45. The first-order valence-electron chi connectivity index (χ1n) is 10.1. The molecule has 0 saturated carbocycles. The van der Waals surface area contributed by atoms with Gasteiger partial charge in [0.25, 0.3) is 5.91 Å². The van der Waals surface area contributed by atoms with Gasteiger partial charge in [-0.25, -0.2) is 9.37 Å². The summed E-state index contributed by atoms with van der Waals surface area (Å²) >= 11 is 1.26. The molecule has 33 heavy (non-hydrogen) atoms. The summed E-state index contributed by atoms with van der Waals surface area (Å²) < 4.78 is 27.0. The largest absolute Gasteiger partial charge is 0.497 e. The number of thiazole rings is 1. The number of anilines is 1. The van der Waals surface area contributed by atoms with Crippen molar-refractivity contribution >= 4 is 43.6 Å². The summed E-state index contributed by atoms with van der Waals surface area (Å²) in [5, 5.41) is 0.674. The number of nitrogens with zero attached hydrogens (tertiary/aromatic N) is 2. The van der Waals surface area contributed by atoms with Crippen LogP contribution in [0.5, 0.6) is 5.75 Å². The van der Waals surface area contributed by atoms with Gasteiger partial charge < -0.3 is 9.15 Å². The van der Waals surface area contributed by atoms with E-state index in [1.807, 2.05) is 6.07 Å². The van der Waals surface area contributed by atoms with Gasteiger partial charge in [0.15, 0.2) is 10.6 Å². The van der Waals surface area contributed by atoms with Crippen LogP contribution in [0.2, 0.25) is 0 Å². The van der Waals surface area contributed by atoms with Crippen LogP contribution in [0.4, 0.5) is 9.52 Å². The zero-order chi connectivity index (χ0) is 22.7. The number of benzene rings is 3. The van der Waals surface area contributed by atoms with Gasteiger partial charge in [0, 0.05) is 5.56 Å². The Morgan fingerprint density at radius 2 is 1.85 bits per heavy atom. The van der Waals surface area contributed by atoms with E-state index in [4.69, 9.17) is 9.15 Å². The van der Waals surface area contributed by atoms with Crippen molar-refractivity contribution in [2.45, 2.75) is 6.04 Å². The summed E-state index contributed by atoms with van der Waals surface area (Å²) in [6, 6.07) is 17.2. The van der Waals surface area contributed by atoms with E-state index in [1.54, 1.807) is 61.7 Å². The molecule has 0 radical (unpaired) electrons. The fourth-order valence-electron chi connectivity index (χ4n) is 4.23. The van der Waals surface area contributed by atoms with Gasteiger partial charge in [-0.3, -0.25) is 14.5 Å². The summed E-state index contributed by atoms with van der Waals surface area (Å²) in [7, 11) is 1.57. The molecule has 1 atom stereocenters.